The monoisotopic (exact) mass is 491 g/mol. The molecule has 2 aliphatic rings. The number of rotatable bonds is 7. The third kappa shape index (κ3) is 5.77. The average molecular weight is 492 g/mol. The van der Waals surface area contributed by atoms with Crippen molar-refractivity contribution >= 4 is 22.7 Å². The van der Waals surface area contributed by atoms with Gasteiger partial charge in [0.15, 0.2) is 0 Å². The lowest BCUT2D eigenvalue weighted by molar-refractivity contribution is -0.134. The first-order valence-electron chi connectivity index (χ1n) is 12.9. The van der Waals surface area contributed by atoms with E-state index in [0.717, 1.165) is 45.6 Å². The van der Waals surface area contributed by atoms with Gasteiger partial charge in [0.1, 0.15) is 5.82 Å². The van der Waals surface area contributed by atoms with E-state index in [1.807, 2.05) is 4.90 Å². The number of aromatic nitrogens is 1. The van der Waals surface area contributed by atoms with Crippen LogP contribution in [-0.2, 0) is 11.2 Å². The minimum Gasteiger partial charge on any atom is -0.361 e. The molecule has 0 atom stereocenters. The summed E-state index contributed by atoms with van der Waals surface area (Å²) in [6.45, 7) is 7.33. The summed E-state index contributed by atoms with van der Waals surface area (Å²) in [4.78, 5) is 37.2. The zero-order valence-corrected chi connectivity index (χ0v) is 20.7. The summed E-state index contributed by atoms with van der Waals surface area (Å²) < 4.78 is 13.1. The van der Waals surface area contributed by atoms with Gasteiger partial charge in [-0.1, -0.05) is 18.2 Å². The zero-order valence-electron chi connectivity index (χ0n) is 20.7. The zero-order chi connectivity index (χ0) is 24.9. The largest absolute Gasteiger partial charge is 0.361 e. The van der Waals surface area contributed by atoms with Crippen LogP contribution in [0.1, 0.15) is 22.3 Å². The van der Waals surface area contributed by atoms with Crippen LogP contribution in [0.3, 0.4) is 0 Å². The molecule has 3 heterocycles. The van der Waals surface area contributed by atoms with Gasteiger partial charge in [-0.15, -0.1) is 0 Å². The molecule has 36 heavy (non-hydrogen) atoms. The molecule has 190 valence electrons. The first-order valence-corrected chi connectivity index (χ1v) is 12.9. The normalized spacial score (nSPS) is 17.6. The van der Waals surface area contributed by atoms with Crippen LogP contribution >= 0.6 is 0 Å². The van der Waals surface area contributed by atoms with Gasteiger partial charge >= 0.3 is 0 Å². The van der Waals surface area contributed by atoms with E-state index in [-0.39, 0.29) is 17.6 Å². The molecular formula is C28H34FN5O2. The van der Waals surface area contributed by atoms with Crippen LogP contribution in [0.5, 0.6) is 0 Å². The van der Waals surface area contributed by atoms with Crippen LogP contribution in [0.25, 0.3) is 10.9 Å². The van der Waals surface area contributed by atoms with Crippen LogP contribution in [0, 0.1) is 5.82 Å². The Bertz CT molecular complexity index is 1180. The Morgan fingerprint density at radius 1 is 0.806 bits per heavy atom. The molecule has 0 spiro atoms. The first-order chi connectivity index (χ1) is 17.6. The number of amides is 2. The molecule has 1 N–H and O–H groups in total. The number of H-pyrrole nitrogens is 1. The summed E-state index contributed by atoms with van der Waals surface area (Å²) in [6.07, 6.45) is 4.29. The van der Waals surface area contributed by atoms with Crippen molar-refractivity contribution in [3.63, 3.8) is 0 Å². The van der Waals surface area contributed by atoms with Crippen molar-refractivity contribution in [3.8, 4) is 0 Å². The summed E-state index contributed by atoms with van der Waals surface area (Å²) in [6, 6.07) is 14.1. The number of nitrogens with zero attached hydrogens (tertiary/aromatic N) is 4. The van der Waals surface area contributed by atoms with E-state index in [1.54, 1.807) is 4.90 Å². The Labute approximate surface area is 211 Å². The average Bonchev–Trinajstić information content (AvgIpc) is 3.32. The first kappa shape index (κ1) is 24.5. The van der Waals surface area contributed by atoms with Gasteiger partial charge in [0.2, 0.25) is 5.91 Å². The molecule has 0 radical (unpaired) electrons. The molecule has 0 unspecified atom stereocenters. The van der Waals surface area contributed by atoms with Gasteiger partial charge in [-0.3, -0.25) is 19.4 Å². The van der Waals surface area contributed by atoms with Crippen LogP contribution < -0.4 is 0 Å². The highest BCUT2D eigenvalue weighted by Crippen LogP contribution is 2.19. The highest BCUT2D eigenvalue weighted by molar-refractivity contribution is 5.94. The minimum atomic E-state index is -0.346. The Morgan fingerprint density at radius 2 is 1.47 bits per heavy atom. The lowest BCUT2D eigenvalue weighted by Gasteiger charge is -2.38. The van der Waals surface area contributed by atoms with Crippen molar-refractivity contribution in [2.24, 2.45) is 0 Å². The van der Waals surface area contributed by atoms with Crippen molar-refractivity contribution in [1.82, 2.24) is 24.6 Å². The standard InChI is InChI=1S/C28H34FN5O2/c29-24-9-7-22(8-10-24)28(36)34-18-14-32(15-19-34)21-27(35)33-16-12-31(13-17-33)11-3-4-23-20-30-26-6-2-1-5-25(23)26/h1-2,5-10,20,30H,3-4,11-19,21H2. The molecule has 2 aromatic carbocycles. The van der Waals surface area contributed by atoms with E-state index in [9.17, 15) is 14.0 Å². The van der Waals surface area contributed by atoms with Crippen molar-refractivity contribution in [1.29, 1.82) is 0 Å². The molecule has 2 amide bonds. The van der Waals surface area contributed by atoms with Crippen LogP contribution in [0.4, 0.5) is 4.39 Å². The number of aromatic amines is 1. The molecule has 0 bridgehead atoms. The number of nitrogens with one attached hydrogen (secondary N) is 1. The van der Waals surface area contributed by atoms with Gasteiger partial charge in [0.25, 0.3) is 5.91 Å². The predicted octanol–water partition coefficient (Wildman–Crippen LogP) is 2.84. The summed E-state index contributed by atoms with van der Waals surface area (Å²) in [7, 11) is 0. The van der Waals surface area contributed by atoms with E-state index in [0.29, 0.717) is 38.3 Å². The third-order valence-electron chi connectivity index (χ3n) is 7.43. The number of hydrogen-bond acceptors (Lipinski definition) is 4. The Morgan fingerprint density at radius 3 is 2.22 bits per heavy atom. The number of carbonyl (C=O) groups is 2. The number of aryl methyl sites for hydroxylation is 1. The molecule has 1 aromatic heterocycles. The number of halogens is 1. The molecular weight excluding hydrogens is 457 g/mol. The predicted molar refractivity (Wildman–Crippen MR) is 138 cm³/mol. The maximum absolute atomic E-state index is 13.1. The highest BCUT2D eigenvalue weighted by Gasteiger charge is 2.26. The molecule has 2 fully saturated rings. The van der Waals surface area contributed by atoms with Crippen LogP contribution in [0.2, 0.25) is 0 Å². The van der Waals surface area contributed by atoms with Gasteiger partial charge in [-0.25, -0.2) is 4.39 Å². The smallest absolute Gasteiger partial charge is 0.253 e. The number of fused-ring (bicyclic) bond motifs is 1. The fourth-order valence-electron chi connectivity index (χ4n) is 5.23. The van der Waals surface area contributed by atoms with Crippen LogP contribution in [-0.4, -0.2) is 102 Å². The Hall–Kier alpha value is -3.23. The summed E-state index contributed by atoms with van der Waals surface area (Å²) >= 11 is 0. The molecule has 7 nitrogen and oxygen atoms in total. The van der Waals surface area contributed by atoms with Gasteiger partial charge in [0.05, 0.1) is 6.54 Å². The molecule has 0 aliphatic carbocycles. The fourth-order valence-corrected chi connectivity index (χ4v) is 5.23. The van der Waals surface area contributed by atoms with Crippen molar-refractivity contribution in [2.45, 2.75) is 12.8 Å². The van der Waals surface area contributed by atoms with Gasteiger partial charge < -0.3 is 14.8 Å². The number of benzene rings is 2. The van der Waals surface area contributed by atoms with Gasteiger partial charge in [-0.05, 0) is 55.3 Å². The molecule has 8 heteroatoms. The third-order valence-corrected chi connectivity index (χ3v) is 7.43. The molecule has 5 rings (SSSR count). The van der Waals surface area contributed by atoms with Crippen molar-refractivity contribution < 1.29 is 14.0 Å². The van der Waals surface area contributed by atoms with E-state index in [1.165, 1.54) is 40.7 Å². The number of hydrogen-bond donors (Lipinski definition) is 1. The second-order valence-electron chi connectivity index (χ2n) is 9.76. The van der Waals surface area contributed by atoms with E-state index < -0.39 is 0 Å². The Balaban J connectivity index is 1.00. The van der Waals surface area contributed by atoms with Crippen molar-refractivity contribution in [2.75, 3.05) is 65.4 Å². The number of para-hydroxylation sites is 1. The van der Waals surface area contributed by atoms with E-state index in [2.05, 4.69) is 45.2 Å². The summed E-state index contributed by atoms with van der Waals surface area (Å²) in [5.74, 6) is -0.255. The van der Waals surface area contributed by atoms with Gasteiger partial charge in [-0.2, -0.15) is 0 Å². The topological polar surface area (TPSA) is 62.9 Å². The minimum absolute atomic E-state index is 0.0817. The number of carbonyl (C=O) groups excluding carboxylic acids is 2. The quantitative estimate of drug-likeness (QED) is 0.552. The highest BCUT2D eigenvalue weighted by atomic mass is 19.1. The molecule has 3 aromatic rings. The van der Waals surface area contributed by atoms with Crippen LogP contribution in [0.15, 0.2) is 54.7 Å². The maximum atomic E-state index is 13.1. The Kier molecular flexibility index (Phi) is 7.63. The summed E-state index contributed by atoms with van der Waals surface area (Å²) in [5, 5.41) is 1.31. The fraction of sp³-hybridized carbons (Fsp3) is 0.429. The van der Waals surface area contributed by atoms with E-state index >= 15 is 0 Å². The summed E-state index contributed by atoms with van der Waals surface area (Å²) in [5.41, 5.74) is 3.07. The van der Waals surface area contributed by atoms with Crippen molar-refractivity contribution in [3.05, 3.63) is 71.7 Å². The number of piperazine rings is 2. The SMILES string of the molecule is O=C(CN1CCN(C(=O)c2ccc(F)cc2)CC1)N1CCN(CCCc2c[nH]c3ccccc23)CC1. The lowest BCUT2D eigenvalue weighted by atomic mass is 10.1. The second-order valence-corrected chi connectivity index (χ2v) is 9.76. The molecule has 0 saturated carbocycles. The maximum Gasteiger partial charge on any atom is 0.253 e. The molecule has 2 aliphatic heterocycles. The van der Waals surface area contributed by atoms with E-state index in [4.69, 9.17) is 0 Å². The van der Waals surface area contributed by atoms with Gasteiger partial charge in [0, 0.05) is 75.0 Å². The lowest BCUT2D eigenvalue weighted by Crippen LogP contribution is -2.54. The second kappa shape index (κ2) is 11.2. The molecule has 2 saturated heterocycles.